The fourth-order valence-electron chi connectivity index (χ4n) is 2.72. The van der Waals surface area contributed by atoms with Crippen LogP contribution in [0.25, 0.3) is 0 Å². The molecule has 0 saturated heterocycles. The van der Waals surface area contributed by atoms with Crippen molar-refractivity contribution in [1.82, 2.24) is 5.32 Å². The minimum absolute atomic E-state index is 0.143. The summed E-state index contributed by atoms with van der Waals surface area (Å²) in [7, 11) is 0. The molecule has 0 aliphatic rings. The van der Waals surface area contributed by atoms with Crippen molar-refractivity contribution in [3.8, 4) is 0 Å². The van der Waals surface area contributed by atoms with E-state index in [1.165, 1.54) is 31.2 Å². The highest BCUT2D eigenvalue weighted by atomic mass is 16.5. The van der Waals surface area contributed by atoms with E-state index in [-0.39, 0.29) is 18.3 Å². The Morgan fingerprint density at radius 3 is 2.23 bits per heavy atom. The molecule has 26 heavy (non-hydrogen) atoms. The molecule has 146 valence electrons. The van der Waals surface area contributed by atoms with E-state index in [1.807, 2.05) is 24.3 Å². The van der Waals surface area contributed by atoms with Gasteiger partial charge in [0.2, 0.25) is 0 Å². The highest BCUT2D eigenvalue weighted by Crippen LogP contribution is 2.08. The monoisotopic (exact) mass is 361 g/mol. The first-order valence-corrected chi connectivity index (χ1v) is 10.2. The Balaban J connectivity index is 2.12. The van der Waals surface area contributed by atoms with Crippen molar-refractivity contribution in [2.75, 3.05) is 13.2 Å². The highest BCUT2D eigenvalue weighted by molar-refractivity contribution is 5.94. The third-order valence-corrected chi connectivity index (χ3v) is 4.41. The Kier molecular flexibility index (Phi) is 12.2. The molecule has 1 rings (SSSR count). The van der Waals surface area contributed by atoms with Gasteiger partial charge in [-0.2, -0.15) is 0 Å². The van der Waals surface area contributed by atoms with E-state index < -0.39 is 0 Å². The Morgan fingerprint density at radius 1 is 0.885 bits per heavy atom. The fourth-order valence-corrected chi connectivity index (χ4v) is 2.72. The van der Waals surface area contributed by atoms with Gasteiger partial charge in [0.25, 0.3) is 5.91 Å². The SMILES string of the molecule is CCCCCCCCOC(=O)CCNC(=O)c1ccc(CCCC)cc1. The molecule has 0 unspecified atom stereocenters. The Labute approximate surface area is 158 Å². The predicted octanol–water partition coefficient (Wildman–Crippen LogP) is 5.05. The van der Waals surface area contributed by atoms with Gasteiger partial charge in [-0.3, -0.25) is 9.59 Å². The lowest BCUT2D eigenvalue weighted by Crippen LogP contribution is -2.26. The molecule has 0 aliphatic heterocycles. The van der Waals surface area contributed by atoms with E-state index in [4.69, 9.17) is 4.74 Å². The molecule has 0 aliphatic carbocycles. The van der Waals surface area contributed by atoms with E-state index in [1.54, 1.807) is 0 Å². The average molecular weight is 362 g/mol. The molecule has 1 amide bonds. The molecule has 1 N–H and O–H groups in total. The summed E-state index contributed by atoms with van der Waals surface area (Å²) < 4.78 is 5.20. The zero-order chi connectivity index (χ0) is 19.0. The van der Waals surface area contributed by atoms with E-state index in [0.29, 0.717) is 18.7 Å². The van der Waals surface area contributed by atoms with Gasteiger partial charge in [-0.15, -0.1) is 0 Å². The van der Waals surface area contributed by atoms with Gasteiger partial charge in [0.15, 0.2) is 0 Å². The summed E-state index contributed by atoms with van der Waals surface area (Å²) in [6, 6.07) is 7.69. The molecule has 0 heterocycles. The number of benzene rings is 1. The first-order chi connectivity index (χ1) is 12.7. The lowest BCUT2D eigenvalue weighted by atomic mass is 10.1. The van der Waals surface area contributed by atoms with Crippen LogP contribution in [0.2, 0.25) is 0 Å². The van der Waals surface area contributed by atoms with E-state index in [0.717, 1.165) is 32.1 Å². The second-order valence-corrected chi connectivity index (χ2v) is 6.79. The smallest absolute Gasteiger partial charge is 0.307 e. The summed E-state index contributed by atoms with van der Waals surface area (Å²) in [5.41, 5.74) is 1.88. The largest absolute Gasteiger partial charge is 0.466 e. The Hall–Kier alpha value is -1.84. The molecule has 0 bridgehead atoms. The topological polar surface area (TPSA) is 55.4 Å². The van der Waals surface area contributed by atoms with Crippen LogP contribution in [0.4, 0.5) is 0 Å². The second kappa shape index (κ2) is 14.3. The molecule has 0 aromatic heterocycles. The van der Waals surface area contributed by atoms with Gasteiger partial charge in [-0.05, 0) is 37.0 Å². The quantitative estimate of drug-likeness (QED) is 0.372. The summed E-state index contributed by atoms with van der Waals surface area (Å²) in [5, 5.41) is 2.78. The normalized spacial score (nSPS) is 10.5. The van der Waals surface area contributed by atoms with Crippen molar-refractivity contribution < 1.29 is 14.3 Å². The Morgan fingerprint density at radius 2 is 1.54 bits per heavy atom. The molecule has 1 aromatic rings. The van der Waals surface area contributed by atoms with Gasteiger partial charge in [-0.25, -0.2) is 0 Å². The van der Waals surface area contributed by atoms with Gasteiger partial charge >= 0.3 is 5.97 Å². The van der Waals surface area contributed by atoms with Crippen LogP contribution >= 0.6 is 0 Å². The van der Waals surface area contributed by atoms with Crippen molar-refractivity contribution in [1.29, 1.82) is 0 Å². The molecule has 0 fully saturated rings. The molecule has 1 aromatic carbocycles. The number of unbranched alkanes of at least 4 members (excludes halogenated alkanes) is 6. The van der Waals surface area contributed by atoms with Crippen LogP contribution in [0, 0.1) is 0 Å². The first kappa shape index (κ1) is 22.2. The lowest BCUT2D eigenvalue weighted by molar-refractivity contribution is -0.143. The standard InChI is InChI=1S/C22H35NO3/c1-3-5-7-8-9-10-18-26-21(24)16-17-23-22(25)20-14-12-19(13-15-20)11-6-4-2/h12-15H,3-11,16-18H2,1-2H3,(H,23,25). The van der Waals surface area contributed by atoms with Crippen LogP contribution in [0.1, 0.15) is 87.6 Å². The number of amides is 1. The third-order valence-electron chi connectivity index (χ3n) is 4.41. The van der Waals surface area contributed by atoms with Crippen molar-refractivity contribution in [2.24, 2.45) is 0 Å². The summed E-state index contributed by atoms with van der Waals surface area (Å²) in [5.74, 6) is -0.385. The average Bonchev–Trinajstić information content (AvgIpc) is 2.66. The third kappa shape index (κ3) is 10.2. The van der Waals surface area contributed by atoms with Gasteiger partial charge in [0.1, 0.15) is 0 Å². The summed E-state index contributed by atoms with van der Waals surface area (Å²) >= 11 is 0. The van der Waals surface area contributed by atoms with Gasteiger partial charge < -0.3 is 10.1 Å². The van der Waals surface area contributed by atoms with Crippen LogP contribution < -0.4 is 5.32 Å². The maximum Gasteiger partial charge on any atom is 0.307 e. The number of hydrogen-bond donors (Lipinski definition) is 1. The van der Waals surface area contributed by atoms with Crippen LogP contribution in [0.5, 0.6) is 0 Å². The molecular formula is C22H35NO3. The predicted molar refractivity (Wildman–Crippen MR) is 106 cm³/mol. The zero-order valence-electron chi connectivity index (χ0n) is 16.5. The van der Waals surface area contributed by atoms with Crippen LogP contribution in [0.15, 0.2) is 24.3 Å². The van der Waals surface area contributed by atoms with Gasteiger partial charge in [-0.1, -0.05) is 64.5 Å². The van der Waals surface area contributed by atoms with Gasteiger partial charge in [0.05, 0.1) is 13.0 Å². The van der Waals surface area contributed by atoms with Crippen molar-refractivity contribution >= 4 is 11.9 Å². The molecule has 0 radical (unpaired) electrons. The first-order valence-electron chi connectivity index (χ1n) is 10.2. The molecule has 0 atom stereocenters. The zero-order valence-corrected chi connectivity index (χ0v) is 16.5. The fraction of sp³-hybridized carbons (Fsp3) is 0.636. The lowest BCUT2D eigenvalue weighted by Gasteiger charge is -2.07. The van der Waals surface area contributed by atoms with E-state index in [2.05, 4.69) is 19.2 Å². The van der Waals surface area contributed by atoms with Crippen LogP contribution in [-0.2, 0) is 16.0 Å². The minimum atomic E-state index is -0.242. The molecule has 4 nitrogen and oxygen atoms in total. The number of nitrogens with one attached hydrogen (secondary N) is 1. The number of ether oxygens (including phenoxy) is 1. The minimum Gasteiger partial charge on any atom is -0.466 e. The number of aryl methyl sites for hydroxylation is 1. The molecule has 4 heteroatoms. The molecule has 0 saturated carbocycles. The van der Waals surface area contributed by atoms with E-state index in [9.17, 15) is 9.59 Å². The van der Waals surface area contributed by atoms with Crippen molar-refractivity contribution in [3.05, 3.63) is 35.4 Å². The second-order valence-electron chi connectivity index (χ2n) is 6.79. The number of rotatable bonds is 14. The summed E-state index contributed by atoms with van der Waals surface area (Å²) in [4.78, 5) is 23.7. The maximum absolute atomic E-state index is 12.1. The highest BCUT2D eigenvalue weighted by Gasteiger charge is 2.07. The summed E-state index contributed by atoms with van der Waals surface area (Å²) in [6.07, 6.45) is 10.6. The molecule has 0 spiro atoms. The summed E-state index contributed by atoms with van der Waals surface area (Å²) in [6.45, 7) is 5.16. The van der Waals surface area contributed by atoms with Crippen molar-refractivity contribution in [3.63, 3.8) is 0 Å². The molecular weight excluding hydrogens is 326 g/mol. The van der Waals surface area contributed by atoms with Crippen molar-refractivity contribution in [2.45, 2.75) is 78.1 Å². The number of carbonyl (C=O) groups is 2. The number of carbonyl (C=O) groups excluding carboxylic acids is 2. The number of esters is 1. The maximum atomic E-state index is 12.1. The van der Waals surface area contributed by atoms with E-state index >= 15 is 0 Å². The van der Waals surface area contributed by atoms with Gasteiger partial charge in [0, 0.05) is 12.1 Å². The van der Waals surface area contributed by atoms with Crippen LogP contribution in [0.3, 0.4) is 0 Å². The van der Waals surface area contributed by atoms with Crippen LogP contribution in [-0.4, -0.2) is 25.0 Å². The number of hydrogen-bond acceptors (Lipinski definition) is 3. The Bertz CT molecular complexity index is 511.